The molecule has 3 nitrogen and oxygen atoms in total. The van der Waals surface area contributed by atoms with Gasteiger partial charge >= 0.3 is 0 Å². The Kier molecular flexibility index (Phi) is 5.26. The fourth-order valence-electron chi connectivity index (χ4n) is 1.98. The minimum absolute atomic E-state index is 0.102. The third-order valence-electron chi connectivity index (χ3n) is 2.94. The molecule has 5 heteroatoms. The molecular weight excluding hydrogens is 292 g/mol. The highest BCUT2D eigenvalue weighted by atomic mass is 35.5. The lowest BCUT2D eigenvalue weighted by molar-refractivity contribution is 0.0945. The molecule has 0 saturated carbocycles. The first kappa shape index (κ1) is 15.1. The number of halogens is 1. The molecule has 1 unspecified atom stereocenters. The predicted octanol–water partition coefficient (Wildman–Crippen LogP) is 3.76. The molecule has 1 aromatic carbocycles. The van der Waals surface area contributed by atoms with Gasteiger partial charge in [0.1, 0.15) is 5.15 Å². The molecule has 0 fully saturated rings. The molecular formula is C15H17ClN2OS. The molecule has 0 saturated heterocycles. The monoisotopic (exact) mass is 308 g/mol. The number of hydrogen-bond acceptors (Lipinski definition) is 3. The Morgan fingerprint density at radius 2 is 2.10 bits per heavy atom. The standard InChI is InChI=1S/C15H17ClN2OS/c1-3-20-9-10(2)18-15(19)13-8-17-14(16)12-7-5-4-6-11(12)13/h4-8,10H,3,9H2,1-2H3,(H,18,19). The van der Waals surface area contributed by atoms with Crippen LogP contribution in [0.4, 0.5) is 0 Å². The highest BCUT2D eigenvalue weighted by Gasteiger charge is 2.14. The lowest BCUT2D eigenvalue weighted by Gasteiger charge is -2.14. The molecule has 1 amide bonds. The average Bonchev–Trinajstić information content (AvgIpc) is 2.45. The van der Waals surface area contributed by atoms with Crippen LogP contribution >= 0.6 is 23.4 Å². The van der Waals surface area contributed by atoms with Crippen molar-refractivity contribution in [3.05, 3.63) is 41.2 Å². The fourth-order valence-corrected chi connectivity index (χ4v) is 2.86. The van der Waals surface area contributed by atoms with Crippen molar-refractivity contribution in [1.82, 2.24) is 10.3 Å². The molecule has 1 aromatic heterocycles. The number of fused-ring (bicyclic) bond motifs is 1. The Morgan fingerprint density at radius 3 is 2.80 bits per heavy atom. The van der Waals surface area contributed by atoms with E-state index < -0.39 is 0 Å². The van der Waals surface area contributed by atoms with E-state index in [0.717, 1.165) is 22.3 Å². The molecule has 106 valence electrons. The third-order valence-corrected chi connectivity index (χ3v) is 4.39. The maximum atomic E-state index is 12.3. The van der Waals surface area contributed by atoms with Gasteiger partial charge in [0.25, 0.3) is 5.91 Å². The van der Waals surface area contributed by atoms with Crippen LogP contribution in [0, 0.1) is 0 Å². The number of benzene rings is 1. The number of aromatic nitrogens is 1. The maximum Gasteiger partial charge on any atom is 0.253 e. The largest absolute Gasteiger partial charge is 0.349 e. The van der Waals surface area contributed by atoms with E-state index in [0.29, 0.717) is 10.7 Å². The van der Waals surface area contributed by atoms with Gasteiger partial charge in [-0.3, -0.25) is 4.79 Å². The van der Waals surface area contributed by atoms with Gasteiger partial charge in [-0.25, -0.2) is 4.98 Å². The van der Waals surface area contributed by atoms with Gasteiger partial charge in [0.15, 0.2) is 0 Å². The van der Waals surface area contributed by atoms with Gasteiger partial charge < -0.3 is 5.32 Å². The van der Waals surface area contributed by atoms with Crippen LogP contribution in [0.5, 0.6) is 0 Å². The Balaban J connectivity index is 2.24. The highest BCUT2D eigenvalue weighted by Crippen LogP contribution is 2.24. The van der Waals surface area contributed by atoms with Gasteiger partial charge in [0.05, 0.1) is 5.56 Å². The Morgan fingerprint density at radius 1 is 1.40 bits per heavy atom. The summed E-state index contributed by atoms with van der Waals surface area (Å²) in [4.78, 5) is 16.4. The van der Waals surface area contributed by atoms with Crippen LogP contribution in [0.3, 0.4) is 0 Å². The number of nitrogens with zero attached hydrogens (tertiary/aromatic N) is 1. The summed E-state index contributed by atoms with van der Waals surface area (Å²) in [5, 5.41) is 5.06. The molecule has 0 aliphatic rings. The molecule has 20 heavy (non-hydrogen) atoms. The predicted molar refractivity (Wildman–Crippen MR) is 86.7 cm³/mol. The Bertz CT molecular complexity index is 618. The quantitative estimate of drug-likeness (QED) is 0.855. The summed E-state index contributed by atoms with van der Waals surface area (Å²) in [5.74, 6) is 1.85. The molecule has 1 atom stereocenters. The number of amides is 1. The van der Waals surface area contributed by atoms with E-state index in [2.05, 4.69) is 17.2 Å². The van der Waals surface area contributed by atoms with Gasteiger partial charge in [-0.2, -0.15) is 11.8 Å². The summed E-state index contributed by atoms with van der Waals surface area (Å²) in [7, 11) is 0. The molecule has 0 aliphatic carbocycles. The highest BCUT2D eigenvalue weighted by molar-refractivity contribution is 7.99. The number of thioether (sulfide) groups is 1. The number of nitrogens with one attached hydrogen (secondary N) is 1. The summed E-state index contributed by atoms with van der Waals surface area (Å²) < 4.78 is 0. The van der Waals surface area contributed by atoms with E-state index in [1.165, 1.54) is 0 Å². The van der Waals surface area contributed by atoms with Crippen LogP contribution in [0.15, 0.2) is 30.5 Å². The smallest absolute Gasteiger partial charge is 0.253 e. The number of pyridine rings is 1. The molecule has 2 aromatic rings. The number of hydrogen-bond donors (Lipinski definition) is 1. The van der Waals surface area contributed by atoms with Gasteiger partial charge in [0.2, 0.25) is 0 Å². The second-order valence-electron chi connectivity index (χ2n) is 4.54. The van der Waals surface area contributed by atoms with Gasteiger partial charge in [-0.1, -0.05) is 42.8 Å². The first-order valence-corrected chi connectivity index (χ1v) is 8.08. The zero-order valence-electron chi connectivity index (χ0n) is 11.5. The van der Waals surface area contributed by atoms with Gasteiger partial charge in [-0.05, 0) is 18.1 Å². The van der Waals surface area contributed by atoms with Crippen molar-refractivity contribution in [2.75, 3.05) is 11.5 Å². The van der Waals surface area contributed by atoms with Crippen LogP contribution in [0.25, 0.3) is 10.8 Å². The molecule has 0 bridgehead atoms. The second-order valence-corrected chi connectivity index (χ2v) is 6.22. The van der Waals surface area contributed by atoms with Gasteiger partial charge in [-0.15, -0.1) is 0 Å². The normalized spacial score (nSPS) is 12.3. The molecule has 1 heterocycles. The zero-order valence-corrected chi connectivity index (χ0v) is 13.1. The van der Waals surface area contributed by atoms with E-state index in [-0.39, 0.29) is 11.9 Å². The van der Waals surface area contributed by atoms with Crippen molar-refractivity contribution in [3.8, 4) is 0 Å². The lowest BCUT2D eigenvalue weighted by atomic mass is 10.1. The first-order valence-electron chi connectivity index (χ1n) is 6.55. The minimum Gasteiger partial charge on any atom is -0.349 e. The van der Waals surface area contributed by atoms with Gasteiger partial charge in [0, 0.05) is 23.4 Å². The second kappa shape index (κ2) is 6.95. The van der Waals surface area contributed by atoms with Crippen molar-refractivity contribution < 1.29 is 4.79 Å². The van der Waals surface area contributed by atoms with Crippen LogP contribution < -0.4 is 5.32 Å². The van der Waals surface area contributed by atoms with Crippen LogP contribution in [-0.4, -0.2) is 28.4 Å². The summed E-state index contributed by atoms with van der Waals surface area (Å²) >= 11 is 7.87. The zero-order chi connectivity index (χ0) is 14.5. The van der Waals surface area contributed by atoms with Crippen molar-refractivity contribution in [2.45, 2.75) is 19.9 Å². The number of carbonyl (C=O) groups excluding carboxylic acids is 1. The SMILES string of the molecule is CCSCC(C)NC(=O)c1cnc(Cl)c2ccccc12. The number of carbonyl (C=O) groups is 1. The van der Waals surface area contributed by atoms with Crippen LogP contribution in [-0.2, 0) is 0 Å². The fraction of sp³-hybridized carbons (Fsp3) is 0.333. The summed E-state index contributed by atoms with van der Waals surface area (Å²) in [6.45, 7) is 4.11. The van der Waals surface area contributed by atoms with E-state index in [9.17, 15) is 4.79 Å². The summed E-state index contributed by atoms with van der Waals surface area (Å²) in [6.07, 6.45) is 1.54. The van der Waals surface area contributed by atoms with E-state index >= 15 is 0 Å². The lowest BCUT2D eigenvalue weighted by Crippen LogP contribution is -2.34. The Hall–Kier alpha value is -1.26. The Labute approximate surface area is 128 Å². The molecule has 1 N–H and O–H groups in total. The summed E-state index contributed by atoms with van der Waals surface area (Å²) in [5.41, 5.74) is 0.568. The summed E-state index contributed by atoms with van der Waals surface area (Å²) in [6, 6.07) is 7.67. The third kappa shape index (κ3) is 3.44. The van der Waals surface area contributed by atoms with Crippen molar-refractivity contribution in [1.29, 1.82) is 0 Å². The van der Waals surface area contributed by atoms with E-state index in [4.69, 9.17) is 11.6 Å². The molecule has 0 radical (unpaired) electrons. The van der Waals surface area contributed by atoms with Crippen molar-refractivity contribution in [3.63, 3.8) is 0 Å². The van der Waals surface area contributed by atoms with Crippen molar-refractivity contribution >= 4 is 40.0 Å². The van der Waals surface area contributed by atoms with E-state index in [1.807, 2.05) is 43.0 Å². The molecule has 0 spiro atoms. The van der Waals surface area contributed by atoms with Crippen LogP contribution in [0.1, 0.15) is 24.2 Å². The topological polar surface area (TPSA) is 42.0 Å². The first-order chi connectivity index (χ1) is 9.63. The molecule has 0 aliphatic heterocycles. The van der Waals surface area contributed by atoms with Crippen LogP contribution in [0.2, 0.25) is 5.15 Å². The molecule has 2 rings (SSSR count). The minimum atomic E-state index is -0.102. The number of rotatable bonds is 5. The average molecular weight is 309 g/mol. The van der Waals surface area contributed by atoms with E-state index in [1.54, 1.807) is 6.20 Å². The van der Waals surface area contributed by atoms with Crippen molar-refractivity contribution in [2.24, 2.45) is 0 Å². The maximum absolute atomic E-state index is 12.3.